The molecule has 0 bridgehead atoms. The Hall–Kier alpha value is -3.80. The lowest BCUT2D eigenvalue weighted by atomic mass is 9.98. The zero-order valence-electron chi connectivity index (χ0n) is 14.7. The summed E-state index contributed by atoms with van der Waals surface area (Å²) in [6, 6.07) is 20.0. The topological polar surface area (TPSA) is 72.5 Å². The standard InChI is InChI=1S/C22H16FNO4/c23-16-10-12-17(13-11-16)24-20(25)14-28-22(27)19-9-5-4-8-18(19)21(26)15-6-2-1-3-7-15/h1-13H,14H2,(H,24,25). The molecule has 140 valence electrons. The number of nitrogens with one attached hydrogen (secondary N) is 1. The second-order valence-electron chi connectivity index (χ2n) is 5.87. The van der Waals surface area contributed by atoms with E-state index >= 15 is 0 Å². The summed E-state index contributed by atoms with van der Waals surface area (Å²) in [6.45, 7) is -0.538. The fraction of sp³-hybridized carbons (Fsp3) is 0.0455. The Balaban J connectivity index is 1.67. The number of rotatable bonds is 6. The number of amides is 1. The normalized spacial score (nSPS) is 10.2. The molecule has 28 heavy (non-hydrogen) atoms. The summed E-state index contributed by atoms with van der Waals surface area (Å²) in [6.07, 6.45) is 0. The van der Waals surface area contributed by atoms with Crippen LogP contribution in [0.2, 0.25) is 0 Å². The smallest absolute Gasteiger partial charge is 0.339 e. The fourth-order valence-electron chi connectivity index (χ4n) is 2.54. The number of ether oxygens (including phenoxy) is 1. The summed E-state index contributed by atoms with van der Waals surface area (Å²) in [4.78, 5) is 37.0. The van der Waals surface area contributed by atoms with Gasteiger partial charge in [-0.05, 0) is 30.3 Å². The van der Waals surface area contributed by atoms with Crippen LogP contribution < -0.4 is 5.32 Å². The van der Waals surface area contributed by atoms with Crippen LogP contribution in [0.5, 0.6) is 0 Å². The van der Waals surface area contributed by atoms with Crippen molar-refractivity contribution >= 4 is 23.3 Å². The number of halogens is 1. The molecule has 3 aromatic carbocycles. The first-order valence-corrected chi connectivity index (χ1v) is 8.46. The van der Waals surface area contributed by atoms with Crippen molar-refractivity contribution in [2.75, 3.05) is 11.9 Å². The summed E-state index contributed by atoms with van der Waals surface area (Å²) in [5.74, 6) is -2.10. The quantitative estimate of drug-likeness (QED) is 0.523. The number of esters is 1. The zero-order chi connectivity index (χ0) is 19.9. The van der Waals surface area contributed by atoms with Gasteiger partial charge in [-0.3, -0.25) is 9.59 Å². The molecule has 6 heteroatoms. The Morgan fingerprint density at radius 2 is 1.39 bits per heavy atom. The van der Waals surface area contributed by atoms with E-state index in [0.717, 1.165) is 0 Å². The van der Waals surface area contributed by atoms with Crippen molar-refractivity contribution in [3.63, 3.8) is 0 Å². The van der Waals surface area contributed by atoms with Crippen LogP contribution in [0.15, 0.2) is 78.9 Å². The second kappa shape index (κ2) is 8.73. The van der Waals surface area contributed by atoms with Gasteiger partial charge in [0, 0.05) is 16.8 Å². The number of carbonyl (C=O) groups excluding carboxylic acids is 3. The minimum Gasteiger partial charge on any atom is -0.452 e. The lowest BCUT2D eigenvalue weighted by Crippen LogP contribution is -2.22. The maximum atomic E-state index is 12.9. The van der Waals surface area contributed by atoms with E-state index in [9.17, 15) is 18.8 Å². The van der Waals surface area contributed by atoms with Crippen molar-refractivity contribution in [1.29, 1.82) is 0 Å². The summed E-state index contributed by atoms with van der Waals surface area (Å²) in [7, 11) is 0. The first-order chi connectivity index (χ1) is 13.5. The molecule has 3 rings (SSSR count). The van der Waals surface area contributed by atoms with Crippen molar-refractivity contribution < 1.29 is 23.5 Å². The molecule has 0 fully saturated rings. The van der Waals surface area contributed by atoms with Crippen LogP contribution in [0.25, 0.3) is 0 Å². The number of benzene rings is 3. The maximum Gasteiger partial charge on any atom is 0.339 e. The van der Waals surface area contributed by atoms with E-state index in [2.05, 4.69) is 5.32 Å². The molecule has 0 unspecified atom stereocenters. The maximum absolute atomic E-state index is 12.9. The summed E-state index contributed by atoms with van der Waals surface area (Å²) in [5, 5.41) is 2.49. The van der Waals surface area contributed by atoms with Gasteiger partial charge in [0.2, 0.25) is 0 Å². The molecule has 0 saturated heterocycles. The summed E-state index contributed by atoms with van der Waals surface area (Å²) < 4.78 is 17.9. The second-order valence-corrected chi connectivity index (χ2v) is 5.87. The predicted molar refractivity (Wildman–Crippen MR) is 102 cm³/mol. The minimum absolute atomic E-state index is 0.0749. The molecular formula is C22H16FNO4. The van der Waals surface area contributed by atoms with Gasteiger partial charge < -0.3 is 10.1 Å². The monoisotopic (exact) mass is 377 g/mol. The van der Waals surface area contributed by atoms with Crippen LogP contribution in [0.1, 0.15) is 26.3 Å². The minimum atomic E-state index is -0.783. The third-order valence-electron chi connectivity index (χ3n) is 3.89. The Morgan fingerprint density at radius 1 is 0.786 bits per heavy atom. The van der Waals surface area contributed by atoms with E-state index in [0.29, 0.717) is 11.3 Å². The van der Waals surface area contributed by atoms with E-state index in [-0.39, 0.29) is 16.9 Å². The van der Waals surface area contributed by atoms with Gasteiger partial charge in [-0.1, -0.05) is 48.5 Å². The molecular weight excluding hydrogens is 361 g/mol. The van der Waals surface area contributed by atoms with Crippen LogP contribution in [-0.4, -0.2) is 24.3 Å². The number of hydrogen-bond donors (Lipinski definition) is 1. The van der Waals surface area contributed by atoms with Gasteiger partial charge in [-0.2, -0.15) is 0 Å². The lowest BCUT2D eigenvalue weighted by molar-refractivity contribution is -0.119. The molecule has 0 heterocycles. The molecule has 0 saturated carbocycles. The van der Waals surface area contributed by atoms with Gasteiger partial charge in [-0.15, -0.1) is 0 Å². The Morgan fingerprint density at radius 3 is 2.07 bits per heavy atom. The SMILES string of the molecule is O=C(COC(=O)c1ccccc1C(=O)c1ccccc1)Nc1ccc(F)cc1. The van der Waals surface area contributed by atoms with E-state index in [1.165, 1.54) is 36.4 Å². The molecule has 0 aliphatic rings. The van der Waals surface area contributed by atoms with Crippen molar-refractivity contribution in [3.05, 3.63) is 101 Å². The Labute approximate surface area is 160 Å². The molecule has 0 radical (unpaired) electrons. The van der Waals surface area contributed by atoms with Crippen LogP contribution >= 0.6 is 0 Å². The average molecular weight is 377 g/mol. The first kappa shape index (κ1) is 19.0. The van der Waals surface area contributed by atoms with Gasteiger partial charge in [0.1, 0.15) is 5.82 Å². The highest BCUT2D eigenvalue weighted by atomic mass is 19.1. The van der Waals surface area contributed by atoms with Gasteiger partial charge in [0.15, 0.2) is 12.4 Å². The van der Waals surface area contributed by atoms with Crippen molar-refractivity contribution in [2.45, 2.75) is 0 Å². The third-order valence-corrected chi connectivity index (χ3v) is 3.89. The lowest BCUT2D eigenvalue weighted by Gasteiger charge is -2.09. The highest BCUT2D eigenvalue weighted by Crippen LogP contribution is 2.16. The van der Waals surface area contributed by atoms with Crippen LogP contribution in [0.4, 0.5) is 10.1 Å². The van der Waals surface area contributed by atoms with Gasteiger partial charge in [-0.25, -0.2) is 9.18 Å². The van der Waals surface area contributed by atoms with E-state index in [1.807, 2.05) is 0 Å². The molecule has 0 spiro atoms. The zero-order valence-corrected chi connectivity index (χ0v) is 14.7. The van der Waals surface area contributed by atoms with Crippen LogP contribution in [0.3, 0.4) is 0 Å². The third kappa shape index (κ3) is 4.67. The Kier molecular flexibility index (Phi) is 5.91. The van der Waals surface area contributed by atoms with E-state index in [4.69, 9.17) is 4.74 Å². The van der Waals surface area contributed by atoms with Gasteiger partial charge in [0.05, 0.1) is 5.56 Å². The largest absolute Gasteiger partial charge is 0.452 e. The molecule has 1 amide bonds. The molecule has 0 aliphatic heterocycles. The predicted octanol–water partition coefficient (Wildman–Crippen LogP) is 3.85. The number of hydrogen-bond acceptors (Lipinski definition) is 4. The van der Waals surface area contributed by atoms with E-state index < -0.39 is 24.3 Å². The molecule has 3 aromatic rings. The molecule has 5 nitrogen and oxygen atoms in total. The highest BCUT2D eigenvalue weighted by Gasteiger charge is 2.19. The highest BCUT2D eigenvalue weighted by molar-refractivity contribution is 6.14. The molecule has 0 aliphatic carbocycles. The van der Waals surface area contributed by atoms with Crippen LogP contribution in [-0.2, 0) is 9.53 Å². The average Bonchev–Trinajstić information content (AvgIpc) is 2.74. The van der Waals surface area contributed by atoms with Crippen molar-refractivity contribution in [1.82, 2.24) is 0 Å². The first-order valence-electron chi connectivity index (χ1n) is 8.46. The number of ketones is 1. The summed E-state index contributed by atoms with van der Waals surface area (Å²) >= 11 is 0. The van der Waals surface area contributed by atoms with Gasteiger partial charge >= 0.3 is 5.97 Å². The molecule has 1 N–H and O–H groups in total. The van der Waals surface area contributed by atoms with E-state index in [1.54, 1.807) is 42.5 Å². The van der Waals surface area contributed by atoms with Crippen LogP contribution in [0, 0.1) is 5.82 Å². The number of anilines is 1. The van der Waals surface area contributed by atoms with Crippen molar-refractivity contribution in [3.8, 4) is 0 Å². The molecule has 0 atom stereocenters. The van der Waals surface area contributed by atoms with Crippen molar-refractivity contribution in [2.24, 2.45) is 0 Å². The molecule has 0 aromatic heterocycles. The summed E-state index contributed by atoms with van der Waals surface area (Å²) in [5.41, 5.74) is 1.09. The fourth-order valence-corrected chi connectivity index (χ4v) is 2.54. The Bertz CT molecular complexity index is 1000. The van der Waals surface area contributed by atoms with Gasteiger partial charge in [0.25, 0.3) is 5.91 Å². The number of carbonyl (C=O) groups is 3.